The first kappa shape index (κ1) is 15.9. The molecule has 116 valence electrons. The van der Waals surface area contributed by atoms with Crippen molar-refractivity contribution in [1.82, 2.24) is 9.97 Å². The van der Waals surface area contributed by atoms with Crippen LogP contribution in [0.4, 0.5) is 0 Å². The van der Waals surface area contributed by atoms with E-state index in [0.717, 1.165) is 42.8 Å². The molecule has 0 spiro atoms. The lowest BCUT2D eigenvalue weighted by atomic mass is 9.94. The van der Waals surface area contributed by atoms with Gasteiger partial charge in [-0.25, -0.2) is 9.97 Å². The number of carboxylic acid groups (broad SMARTS) is 1. The van der Waals surface area contributed by atoms with E-state index in [1.54, 1.807) is 0 Å². The van der Waals surface area contributed by atoms with Gasteiger partial charge in [0.1, 0.15) is 5.60 Å². The van der Waals surface area contributed by atoms with Crippen molar-refractivity contribution in [1.29, 1.82) is 0 Å². The number of hydrogen-bond donors (Lipinski definition) is 1. The Morgan fingerprint density at radius 1 is 1.24 bits per heavy atom. The Balaban J connectivity index is 2.46. The van der Waals surface area contributed by atoms with Crippen LogP contribution in [-0.2, 0) is 34.4 Å². The summed E-state index contributed by atoms with van der Waals surface area (Å²) in [5.74, 6) is -0.124. The fourth-order valence-electron chi connectivity index (χ4n) is 2.87. The van der Waals surface area contributed by atoms with Gasteiger partial charge >= 0.3 is 5.97 Å². The molecule has 2 rings (SSSR count). The van der Waals surface area contributed by atoms with Gasteiger partial charge < -0.3 is 9.84 Å². The van der Waals surface area contributed by atoms with E-state index in [9.17, 15) is 4.79 Å². The van der Waals surface area contributed by atoms with Gasteiger partial charge in [-0.15, -0.1) is 0 Å². The van der Waals surface area contributed by atoms with Crippen LogP contribution in [0, 0.1) is 0 Å². The molecule has 0 aromatic carbocycles. The minimum atomic E-state index is -0.837. The number of ether oxygens (including phenoxy) is 1. The molecule has 21 heavy (non-hydrogen) atoms. The minimum Gasteiger partial charge on any atom is -0.481 e. The number of aliphatic carboxylic acids is 1. The molecule has 5 nitrogen and oxygen atoms in total. The zero-order chi connectivity index (χ0) is 15.5. The van der Waals surface area contributed by atoms with E-state index in [1.807, 2.05) is 20.8 Å². The van der Waals surface area contributed by atoms with Crippen LogP contribution in [0.15, 0.2) is 0 Å². The first-order valence-corrected chi connectivity index (χ1v) is 7.75. The van der Waals surface area contributed by atoms with Crippen molar-refractivity contribution < 1.29 is 14.6 Å². The quantitative estimate of drug-likeness (QED) is 0.903. The highest BCUT2D eigenvalue weighted by atomic mass is 16.5. The van der Waals surface area contributed by atoms with Crippen LogP contribution >= 0.6 is 0 Å². The second kappa shape index (κ2) is 6.52. The molecule has 0 amide bonds. The maximum absolute atomic E-state index is 11.1. The summed E-state index contributed by atoms with van der Waals surface area (Å²) in [5.41, 5.74) is 2.02. The van der Waals surface area contributed by atoms with Crippen molar-refractivity contribution in [2.24, 2.45) is 0 Å². The zero-order valence-electron chi connectivity index (χ0n) is 13.1. The average Bonchev–Trinajstić information content (AvgIpc) is 2.47. The molecule has 2 heterocycles. The molecule has 0 bridgehead atoms. The van der Waals surface area contributed by atoms with Crippen LogP contribution in [0.5, 0.6) is 0 Å². The van der Waals surface area contributed by atoms with E-state index < -0.39 is 11.6 Å². The van der Waals surface area contributed by atoms with Crippen molar-refractivity contribution in [2.45, 2.75) is 64.9 Å². The van der Waals surface area contributed by atoms with Gasteiger partial charge in [0.05, 0.1) is 6.42 Å². The van der Waals surface area contributed by atoms with Crippen LogP contribution < -0.4 is 0 Å². The molecular formula is C16H24N2O3. The number of nitrogens with zero attached hydrogens (tertiary/aromatic N) is 2. The van der Waals surface area contributed by atoms with Crippen LogP contribution in [-0.4, -0.2) is 27.7 Å². The molecule has 1 unspecified atom stereocenters. The highest BCUT2D eigenvalue weighted by Crippen LogP contribution is 2.33. The highest BCUT2D eigenvalue weighted by Gasteiger charge is 2.34. The zero-order valence-corrected chi connectivity index (χ0v) is 13.1. The molecule has 1 saturated heterocycles. The lowest BCUT2D eigenvalue weighted by Crippen LogP contribution is -2.33. The van der Waals surface area contributed by atoms with Gasteiger partial charge in [0.2, 0.25) is 0 Å². The predicted octanol–water partition coefficient (Wildman–Crippen LogP) is 2.64. The Kier molecular flexibility index (Phi) is 4.93. The monoisotopic (exact) mass is 292 g/mol. The molecule has 0 aliphatic carbocycles. The third-order valence-corrected chi connectivity index (χ3v) is 4.12. The molecule has 1 aliphatic rings. The summed E-state index contributed by atoms with van der Waals surface area (Å²) in [4.78, 5) is 20.4. The summed E-state index contributed by atoms with van der Waals surface area (Å²) in [5, 5.41) is 9.10. The molecular weight excluding hydrogens is 268 g/mol. The van der Waals surface area contributed by atoms with Gasteiger partial charge in [0.15, 0.2) is 5.82 Å². The smallest absolute Gasteiger partial charge is 0.307 e. The maximum Gasteiger partial charge on any atom is 0.307 e. The predicted molar refractivity (Wildman–Crippen MR) is 79.3 cm³/mol. The summed E-state index contributed by atoms with van der Waals surface area (Å²) in [6.07, 6.45) is 4.51. The Morgan fingerprint density at radius 3 is 2.29 bits per heavy atom. The van der Waals surface area contributed by atoms with Gasteiger partial charge in [-0.2, -0.15) is 0 Å². The van der Waals surface area contributed by atoms with Crippen LogP contribution in [0.3, 0.4) is 0 Å². The largest absolute Gasteiger partial charge is 0.481 e. The van der Waals surface area contributed by atoms with E-state index in [1.165, 1.54) is 0 Å². The fourth-order valence-corrected chi connectivity index (χ4v) is 2.87. The first-order valence-electron chi connectivity index (χ1n) is 7.75. The highest BCUT2D eigenvalue weighted by molar-refractivity contribution is 5.71. The second-order valence-electron chi connectivity index (χ2n) is 5.73. The number of carboxylic acids is 1. The molecule has 5 heteroatoms. The SMILES string of the molecule is CCc1nc(C2(C)CCCCO2)nc(CC)c1CC(=O)O. The standard InChI is InChI=1S/C16H24N2O3/c1-4-12-11(10-14(19)20)13(5-2)18-15(17-12)16(3)8-6-7-9-21-16/h4-10H2,1-3H3,(H,19,20). The Hall–Kier alpha value is -1.49. The van der Waals surface area contributed by atoms with Crippen LogP contribution in [0.1, 0.15) is 62.8 Å². The van der Waals surface area contributed by atoms with Crippen LogP contribution in [0.2, 0.25) is 0 Å². The lowest BCUT2D eigenvalue weighted by molar-refractivity contribution is -0.136. The maximum atomic E-state index is 11.1. The van der Waals surface area contributed by atoms with Gasteiger partial charge in [-0.3, -0.25) is 4.79 Å². The fraction of sp³-hybridized carbons (Fsp3) is 0.688. The molecule has 1 aliphatic heterocycles. The minimum absolute atomic E-state index is 0.00972. The Bertz CT molecular complexity index is 497. The van der Waals surface area contributed by atoms with E-state index in [-0.39, 0.29) is 6.42 Å². The van der Waals surface area contributed by atoms with E-state index >= 15 is 0 Å². The molecule has 1 aromatic heterocycles. The third kappa shape index (κ3) is 3.40. The van der Waals surface area contributed by atoms with Gasteiger partial charge in [0.25, 0.3) is 0 Å². The lowest BCUT2D eigenvalue weighted by Gasteiger charge is -2.33. The summed E-state index contributed by atoms with van der Waals surface area (Å²) in [6, 6.07) is 0. The summed E-state index contributed by atoms with van der Waals surface area (Å²) < 4.78 is 5.93. The summed E-state index contributed by atoms with van der Waals surface area (Å²) >= 11 is 0. The third-order valence-electron chi connectivity index (χ3n) is 4.12. The number of hydrogen-bond acceptors (Lipinski definition) is 4. The molecule has 1 fully saturated rings. The van der Waals surface area contributed by atoms with Gasteiger partial charge in [-0.05, 0) is 39.0 Å². The van der Waals surface area contributed by atoms with Crippen molar-refractivity contribution in [2.75, 3.05) is 6.61 Å². The van der Waals surface area contributed by atoms with Crippen molar-refractivity contribution in [3.05, 3.63) is 22.8 Å². The van der Waals surface area contributed by atoms with Gasteiger partial charge in [-0.1, -0.05) is 13.8 Å². The van der Waals surface area contributed by atoms with Gasteiger partial charge in [0, 0.05) is 23.6 Å². The molecule has 1 N–H and O–H groups in total. The van der Waals surface area contributed by atoms with E-state index in [0.29, 0.717) is 18.7 Å². The normalized spacial score (nSPS) is 22.2. The van der Waals surface area contributed by atoms with Crippen molar-refractivity contribution in [3.8, 4) is 0 Å². The van der Waals surface area contributed by atoms with Crippen LogP contribution in [0.25, 0.3) is 0 Å². The molecule has 1 aromatic rings. The first-order chi connectivity index (χ1) is 10.00. The van der Waals surface area contributed by atoms with Crippen molar-refractivity contribution in [3.63, 3.8) is 0 Å². The summed E-state index contributed by atoms with van der Waals surface area (Å²) in [7, 11) is 0. The second-order valence-corrected chi connectivity index (χ2v) is 5.73. The number of aryl methyl sites for hydroxylation is 2. The number of rotatable bonds is 5. The Morgan fingerprint density at radius 2 is 1.86 bits per heavy atom. The topological polar surface area (TPSA) is 72.3 Å². The van der Waals surface area contributed by atoms with E-state index in [2.05, 4.69) is 9.97 Å². The summed E-state index contributed by atoms with van der Waals surface area (Å²) in [6.45, 7) is 6.78. The average molecular weight is 292 g/mol. The Labute approximate surface area is 125 Å². The number of carbonyl (C=O) groups is 1. The van der Waals surface area contributed by atoms with E-state index in [4.69, 9.17) is 9.84 Å². The molecule has 0 radical (unpaired) electrons. The van der Waals surface area contributed by atoms with Crippen molar-refractivity contribution >= 4 is 5.97 Å². The molecule has 1 atom stereocenters. The number of aromatic nitrogens is 2. The molecule has 0 saturated carbocycles.